The smallest absolute Gasteiger partial charge is 0.0478 e. The van der Waals surface area contributed by atoms with Crippen molar-refractivity contribution in [3.8, 4) is 12.3 Å². The molecule has 0 aliphatic heterocycles. The molecule has 1 rings (SSSR count). The quantitative estimate of drug-likeness (QED) is 0.343. The molecule has 0 spiro atoms. The first-order chi connectivity index (χ1) is 7.69. The molecule has 0 bridgehead atoms. The van der Waals surface area contributed by atoms with Crippen molar-refractivity contribution in [1.29, 1.82) is 0 Å². The van der Waals surface area contributed by atoms with Crippen molar-refractivity contribution in [3.05, 3.63) is 29.1 Å². The molecule has 1 atom stereocenters. The molecule has 1 aromatic rings. The van der Waals surface area contributed by atoms with E-state index in [0.29, 0.717) is 0 Å². The van der Waals surface area contributed by atoms with Gasteiger partial charge in [0.05, 0.1) is 0 Å². The third-order valence-electron chi connectivity index (χ3n) is 2.66. The van der Waals surface area contributed by atoms with Crippen LogP contribution < -0.4 is 11.3 Å². The van der Waals surface area contributed by atoms with Crippen LogP contribution in [0.1, 0.15) is 42.3 Å². The molecule has 0 amide bonds. The number of aryl methyl sites for hydroxylation is 2. The Morgan fingerprint density at radius 1 is 1.50 bits per heavy atom. The second kappa shape index (κ2) is 6.26. The first kappa shape index (κ1) is 12.7. The molecule has 16 heavy (non-hydrogen) atoms. The van der Waals surface area contributed by atoms with Gasteiger partial charge >= 0.3 is 0 Å². The van der Waals surface area contributed by atoms with Crippen molar-refractivity contribution in [3.63, 3.8) is 0 Å². The Hall–Kier alpha value is -1.37. The van der Waals surface area contributed by atoms with Gasteiger partial charge < -0.3 is 0 Å². The molecule has 3 N–H and O–H groups in total. The lowest BCUT2D eigenvalue weighted by molar-refractivity contribution is 0.498. The predicted octanol–water partition coefficient (Wildman–Crippen LogP) is 2.01. The second-order valence-electron chi connectivity index (χ2n) is 3.94. The Bertz CT molecular complexity index is 379. The molecule has 3 nitrogen and oxygen atoms in total. The van der Waals surface area contributed by atoms with Crippen LogP contribution in [-0.2, 0) is 0 Å². The molecule has 1 unspecified atom stereocenters. The first-order valence-corrected chi connectivity index (χ1v) is 5.52. The van der Waals surface area contributed by atoms with Gasteiger partial charge in [0.15, 0.2) is 0 Å². The van der Waals surface area contributed by atoms with E-state index in [1.165, 1.54) is 0 Å². The molecule has 0 saturated heterocycles. The van der Waals surface area contributed by atoms with E-state index in [-0.39, 0.29) is 6.04 Å². The van der Waals surface area contributed by atoms with E-state index in [9.17, 15) is 0 Å². The molecular weight excluding hydrogens is 198 g/mol. The number of hydrogen-bond donors (Lipinski definition) is 2. The summed E-state index contributed by atoms with van der Waals surface area (Å²) in [5, 5.41) is 0. The molecule has 0 aromatic carbocycles. The molecule has 0 radical (unpaired) electrons. The minimum absolute atomic E-state index is 0.140. The Balaban J connectivity index is 2.75. The number of terminal acetylenes is 1. The summed E-state index contributed by atoms with van der Waals surface area (Å²) >= 11 is 0. The lowest BCUT2D eigenvalue weighted by Crippen LogP contribution is -2.28. The summed E-state index contributed by atoms with van der Waals surface area (Å²) in [5.41, 5.74) is 6.05. The highest BCUT2D eigenvalue weighted by Crippen LogP contribution is 2.21. The number of rotatable bonds is 5. The Morgan fingerprint density at radius 2 is 2.25 bits per heavy atom. The van der Waals surface area contributed by atoms with Gasteiger partial charge in [-0.2, -0.15) is 0 Å². The van der Waals surface area contributed by atoms with Crippen LogP contribution in [0, 0.1) is 26.2 Å². The number of unbranched alkanes of at least 4 members (excludes halogenated alkanes) is 1. The van der Waals surface area contributed by atoms with E-state index in [1.54, 1.807) is 0 Å². The van der Waals surface area contributed by atoms with Crippen LogP contribution >= 0.6 is 0 Å². The van der Waals surface area contributed by atoms with Crippen molar-refractivity contribution < 1.29 is 0 Å². The summed E-state index contributed by atoms with van der Waals surface area (Å²) in [5.74, 6) is 8.20. The minimum Gasteiger partial charge on any atom is -0.271 e. The van der Waals surface area contributed by atoms with Crippen LogP contribution in [0.25, 0.3) is 0 Å². The van der Waals surface area contributed by atoms with Crippen LogP contribution in [0.2, 0.25) is 0 Å². The van der Waals surface area contributed by atoms with Crippen LogP contribution in [0.15, 0.2) is 12.1 Å². The van der Waals surface area contributed by atoms with Gasteiger partial charge in [-0.3, -0.25) is 16.3 Å². The molecule has 0 aliphatic rings. The zero-order valence-corrected chi connectivity index (χ0v) is 9.96. The number of hydrazine groups is 1. The fourth-order valence-electron chi connectivity index (χ4n) is 1.80. The van der Waals surface area contributed by atoms with Gasteiger partial charge in [-0.15, -0.1) is 12.3 Å². The van der Waals surface area contributed by atoms with Gasteiger partial charge in [0.2, 0.25) is 0 Å². The number of nitrogens with zero attached hydrogens (tertiary/aromatic N) is 1. The van der Waals surface area contributed by atoms with E-state index in [0.717, 1.165) is 36.2 Å². The summed E-state index contributed by atoms with van der Waals surface area (Å²) in [4.78, 5) is 4.43. The van der Waals surface area contributed by atoms with E-state index in [4.69, 9.17) is 12.3 Å². The Morgan fingerprint density at radius 3 is 2.81 bits per heavy atom. The van der Waals surface area contributed by atoms with Crippen molar-refractivity contribution in [2.75, 3.05) is 0 Å². The predicted molar refractivity (Wildman–Crippen MR) is 66.5 cm³/mol. The average molecular weight is 217 g/mol. The Labute approximate surface area is 97.4 Å². The van der Waals surface area contributed by atoms with Gasteiger partial charge in [0, 0.05) is 23.9 Å². The maximum absolute atomic E-state index is 5.56. The highest BCUT2D eigenvalue weighted by molar-refractivity contribution is 5.25. The molecular formula is C13H19N3. The van der Waals surface area contributed by atoms with Crippen molar-refractivity contribution in [2.45, 2.75) is 39.2 Å². The number of nitrogens with two attached hydrogens (primary N) is 1. The molecule has 86 valence electrons. The maximum atomic E-state index is 5.56. The second-order valence-corrected chi connectivity index (χ2v) is 3.94. The SMILES string of the molecule is C#CCCCC(NN)c1ccc(C)nc1C. The highest BCUT2D eigenvalue weighted by atomic mass is 15.2. The maximum Gasteiger partial charge on any atom is 0.0478 e. The summed E-state index contributed by atoms with van der Waals surface area (Å²) in [7, 11) is 0. The lowest BCUT2D eigenvalue weighted by Gasteiger charge is -2.17. The van der Waals surface area contributed by atoms with Gasteiger partial charge in [-0.1, -0.05) is 6.07 Å². The molecule has 0 saturated carbocycles. The zero-order valence-electron chi connectivity index (χ0n) is 9.96. The van der Waals surface area contributed by atoms with Crippen molar-refractivity contribution >= 4 is 0 Å². The zero-order chi connectivity index (χ0) is 12.0. The van der Waals surface area contributed by atoms with Crippen LogP contribution in [0.4, 0.5) is 0 Å². The normalized spacial score (nSPS) is 12.1. The molecule has 0 fully saturated rings. The number of aromatic nitrogens is 1. The Kier molecular flexibility index (Phi) is 4.97. The van der Waals surface area contributed by atoms with Crippen LogP contribution in [0.3, 0.4) is 0 Å². The average Bonchev–Trinajstić information content (AvgIpc) is 2.26. The topological polar surface area (TPSA) is 50.9 Å². The van der Waals surface area contributed by atoms with E-state index < -0.39 is 0 Å². The van der Waals surface area contributed by atoms with E-state index >= 15 is 0 Å². The monoisotopic (exact) mass is 217 g/mol. The van der Waals surface area contributed by atoms with Crippen LogP contribution in [0.5, 0.6) is 0 Å². The van der Waals surface area contributed by atoms with Crippen LogP contribution in [-0.4, -0.2) is 4.98 Å². The van der Waals surface area contributed by atoms with Crippen molar-refractivity contribution in [1.82, 2.24) is 10.4 Å². The molecule has 1 heterocycles. The van der Waals surface area contributed by atoms with Gasteiger partial charge in [0.25, 0.3) is 0 Å². The third kappa shape index (κ3) is 3.34. The van der Waals surface area contributed by atoms with Gasteiger partial charge in [0.1, 0.15) is 0 Å². The summed E-state index contributed by atoms with van der Waals surface area (Å²) in [6.45, 7) is 3.99. The number of hydrogen-bond acceptors (Lipinski definition) is 3. The molecule has 1 aromatic heterocycles. The number of pyridine rings is 1. The van der Waals surface area contributed by atoms with Gasteiger partial charge in [-0.05, 0) is 38.3 Å². The van der Waals surface area contributed by atoms with E-state index in [2.05, 4.69) is 22.4 Å². The van der Waals surface area contributed by atoms with Gasteiger partial charge in [-0.25, -0.2) is 0 Å². The largest absolute Gasteiger partial charge is 0.271 e. The van der Waals surface area contributed by atoms with Crippen molar-refractivity contribution in [2.24, 2.45) is 5.84 Å². The fourth-order valence-corrected chi connectivity index (χ4v) is 1.80. The summed E-state index contributed by atoms with van der Waals surface area (Å²) in [6, 6.07) is 4.23. The summed E-state index contributed by atoms with van der Waals surface area (Å²) < 4.78 is 0. The minimum atomic E-state index is 0.140. The molecule has 0 aliphatic carbocycles. The fraction of sp³-hybridized carbons (Fsp3) is 0.462. The standard InChI is InChI=1S/C13H19N3/c1-4-5-6-7-13(16-14)12-9-8-10(2)15-11(12)3/h1,8-9,13,16H,5-7,14H2,2-3H3. The van der Waals surface area contributed by atoms with E-state index in [1.807, 2.05) is 19.9 Å². The lowest BCUT2D eigenvalue weighted by atomic mass is 10.00. The highest BCUT2D eigenvalue weighted by Gasteiger charge is 2.12. The molecule has 3 heteroatoms. The third-order valence-corrected chi connectivity index (χ3v) is 2.66. The number of nitrogens with one attached hydrogen (secondary N) is 1. The summed E-state index contributed by atoms with van der Waals surface area (Å²) in [6.07, 6.45) is 7.93. The first-order valence-electron chi connectivity index (χ1n) is 5.52.